The number of hydrogen-bond donors (Lipinski definition) is 0. The Balaban J connectivity index is 2.09. The van der Waals surface area contributed by atoms with Gasteiger partial charge in [-0.15, -0.1) is 0 Å². The summed E-state index contributed by atoms with van der Waals surface area (Å²) in [6.07, 6.45) is 3.66. The molecule has 0 aromatic carbocycles. The summed E-state index contributed by atoms with van der Waals surface area (Å²) in [4.78, 5) is 8.53. The van der Waals surface area contributed by atoms with E-state index in [4.69, 9.17) is 0 Å². The molecule has 0 saturated carbocycles. The van der Waals surface area contributed by atoms with Crippen molar-refractivity contribution >= 4 is 27.7 Å². The minimum atomic E-state index is 0.793. The van der Waals surface area contributed by atoms with Crippen LogP contribution >= 0.6 is 27.7 Å². The average Bonchev–Trinajstić information content (AvgIpc) is 2.54. The summed E-state index contributed by atoms with van der Waals surface area (Å²) >= 11 is 5.16. The number of aryl methyl sites for hydroxylation is 3. The van der Waals surface area contributed by atoms with Gasteiger partial charge in [-0.1, -0.05) is 11.8 Å². The van der Waals surface area contributed by atoms with E-state index in [-0.39, 0.29) is 0 Å². The first-order chi connectivity index (χ1) is 8.08. The highest BCUT2D eigenvalue weighted by Gasteiger charge is 2.11. The van der Waals surface area contributed by atoms with Crippen molar-refractivity contribution in [2.75, 3.05) is 0 Å². The molecular weight excluding hydrogens is 300 g/mol. The second-order valence-corrected chi connectivity index (χ2v) is 5.54. The molecule has 0 amide bonds. The molecule has 2 heterocycles. The maximum absolute atomic E-state index is 4.35. The molecule has 2 aromatic rings. The van der Waals surface area contributed by atoms with Gasteiger partial charge in [0.25, 0.3) is 0 Å². The smallest absolute Gasteiger partial charge is 0.187 e. The first-order valence-corrected chi connectivity index (χ1v) is 6.95. The van der Waals surface area contributed by atoms with E-state index in [1.807, 2.05) is 38.0 Å². The predicted molar refractivity (Wildman–Crippen MR) is 72.0 cm³/mol. The second-order valence-electron chi connectivity index (χ2n) is 3.80. The average molecular weight is 313 g/mol. The lowest BCUT2D eigenvalue weighted by molar-refractivity contribution is 0.726. The quantitative estimate of drug-likeness (QED) is 0.645. The Bertz CT molecular complexity index is 521. The van der Waals surface area contributed by atoms with Gasteiger partial charge >= 0.3 is 0 Å². The largest absolute Gasteiger partial charge is 0.270 e. The predicted octanol–water partition coefficient (Wildman–Crippen LogP) is 2.88. The zero-order valence-corrected chi connectivity index (χ0v) is 12.3. The van der Waals surface area contributed by atoms with E-state index >= 15 is 0 Å². The zero-order chi connectivity index (χ0) is 12.4. The van der Waals surface area contributed by atoms with Crippen LogP contribution in [0.4, 0.5) is 0 Å². The van der Waals surface area contributed by atoms with E-state index in [9.17, 15) is 0 Å². The zero-order valence-electron chi connectivity index (χ0n) is 9.94. The Morgan fingerprint density at radius 3 is 2.47 bits per heavy atom. The lowest BCUT2D eigenvalue weighted by atomic mass is 10.4. The van der Waals surface area contributed by atoms with Gasteiger partial charge in [-0.2, -0.15) is 5.10 Å². The maximum Gasteiger partial charge on any atom is 0.187 e. The monoisotopic (exact) mass is 312 g/mol. The highest BCUT2D eigenvalue weighted by Crippen LogP contribution is 2.26. The molecule has 0 unspecified atom stereocenters. The molecule has 2 aromatic heterocycles. The normalized spacial score (nSPS) is 10.8. The summed E-state index contributed by atoms with van der Waals surface area (Å²) < 4.78 is 2.96. The third-order valence-electron chi connectivity index (χ3n) is 2.36. The summed E-state index contributed by atoms with van der Waals surface area (Å²) in [6.45, 7) is 3.97. The maximum atomic E-state index is 4.35. The van der Waals surface area contributed by atoms with E-state index in [1.165, 1.54) is 0 Å². The Morgan fingerprint density at radius 1 is 1.29 bits per heavy atom. The molecule has 0 spiro atoms. The van der Waals surface area contributed by atoms with Crippen LogP contribution in [0.1, 0.15) is 17.0 Å². The van der Waals surface area contributed by atoms with Crippen LogP contribution in [0.25, 0.3) is 0 Å². The topological polar surface area (TPSA) is 43.6 Å². The number of halogens is 1. The van der Waals surface area contributed by atoms with Gasteiger partial charge in [0.05, 0.1) is 15.9 Å². The van der Waals surface area contributed by atoms with Crippen LogP contribution < -0.4 is 0 Å². The van der Waals surface area contributed by atoms with Crippen LogP contribution in [0.2, 0.25) is 0 Å². The van der Waals surface area contributed by atoms with E-state index in [0.717, 1.165) is 32.3 Å². The summed E-state index contributed by atoms with van der Waals surface area (Å²) in [5.74, 6) is 0.807. The van der Waals surface area contributed by atoms with Gasteiger partial charge in [0, 0.05) is 25.2 Å². The van der Waals surface area contributed by atoms with Crippen molar-refractivity contribution in [2.45, 2.75) is 24.8 Å². The minimum Gasteiger partial charge on any atom is -0.270 e. The van der Waals surface area contributed by atoms with Crippen LogP contribution in [0, 0.1) is 13.8 Å². The number of nitrogens with zero attached hydrogens (tertiary/aromatic N) is 4. The van der Waals surface area contributed by atoms with Crippen molar-refractivity contribution in [3.05, 3.63) is 33.8 Å². The van der Waals surface area contributed by atoms with Gasteiger partial charge in [0.2, 0.25) is 0 Å². The minimum absolute atomic E-state index is 0.793. The van der Waals surface area contributed by atoms with Crippen molar-refractivity contribution in [3.63, 3.8) is 0 Å². The number of rotatable bonds is 3. The number of aromatic nitrogens is 4. The lowest BCUT2D eigenvalue weighted by Crippen LogP contribution is -1.97. The third-order valence-corrected chi connectivity index (χ3v) is 4.28. The molecule has 0 aliphatic rings. The first kappa shape index (κ1) is 12.6. The van der Waals surface area contributed by atoms with E-state index in [1.54, 1.807) is 11.8 Å². The Kier molecular flexibility index (Phi) is 3.83. The van der Waals surface area contributed by atoms with Crippen LogP contribution in [-0.2, 0) is 12.8 Å². The Hall–Kier alpha value is -0.880. The molecular formula is C11H13BrN4S. The molecule has 0 saturated heterocycles. The fraction of sp³-hybridized carbons (Fsp3) is 0.364. The van der Waals surface area contributed by atoms with Crippen molar-refractivity contribution in [1.29, 1.82) is 0 Å². The van der Waals surface area contributed by atoms with E-state index < -0.39 is 0 Å². The fourth-order valence-corrected chi connectivity index (χ4v) is 2.94. The molecule has 0 atom stereocenters. The van der Waals surface area contributed by atoms with Crippen LogP contribution in [0.5, 0.6) is 0 Å². The first-order valence-electron chi connectivity index (χ1n) is 5.17. The highest BCUT2D eigenvalue weighted by molar-refractivity contribution is 9.10. The molecule has 17 heavy (non-hydrogen) atoms. The molecule has 0 N–H and O–H groups in total. The molecule has 0 fully saturated rings. The molecule has 0 aliphatic heterocycles. The Labute approximate surface area is 113 Å². The van der Waals surface area contributed by atoms with Crippen molar-refractivity contribution in [3.8, 4) is 0 Å². The fourth-order valence-electron chi connectivity index (χ4n) is 1.43. The van der Waals surface area contributed by atoms with E-state index in [0.29, 0.717) is 0 Å². The summed E-state index contributed by atoms with van der Waals surface area (Å²) in [7, 11) is 1.95. The SMILES string of the molecule is Cc1cnc(SCc2c(Br)c(C)nn2C)nc1. The van der Waals surface area contributed by atoms with Crippen molar-refractivity contribution in [2.24, 2.45) is 7.05 Å². The molecule has 6 heteroatoms. The summed E-state index contributed by atoms with van der Waals surface area (Å²) in [6, 6.07) is 0. The molecule has 0 aliphatic carbocycles. The third kappa shape index (κ3) is 2.87. The summed E-state index contributed by atoms with van der Waals surface area (Å²) in [5.41, 5.74) is 3.23. The molecule has 4 nitrogen and oxygen atoms in total. The van der Waals surface area contributed by atoms with Crippen molar-refractivity contribution < 1.29 is 0 Å². The molecule has 90 valence electrons. The van der Waals surface area contributed by atoms with Gasteiger partial charge in [-0.05, 0) is 35.3 Å². The molecule has 0 radical (unpaired) electrons. The molecule has 0 bridgehead atoms. The van der Waals surface area contributed by atoms with Gasteiger partial charge in [-0.25, -0.2) is 9.97 Å². The number of thioether (sulfide) groups is 1. The standard InChI is InChI=1S/C11H13BrN4S/c1-7-4-13-11(14-5-7)17-6-9-10(12)8(2)15-16(9)3/h4-5H,6H2,1-3H3. The lowest BCUT2D eigenvalue weighted by Gasteiger charge is -2.02. The van der Waals surface area contributed by atoms with Crippen molar-refractivity contribution in [1.82, 2.24) is 19.7 Å². The molecule has 2 rings (SSSR count). The van der Waals surface area contributed by atoms with Gasteiger partial charge in [-0.3, -0.25) is 4.68 Å². The van der Waals surface area contributed by atoms with Crippen LogP contribution in [-0.4, -0.2) is 19.7 Å². The van der Waals surface area contributed by atoms with Gasteiger partial charge in [0.1, 0.15) is 0 Å². The van der Waals surface area contributed by atoms with Gasteiger partial charge in [0.15, 0.2) is 5.16 Å². The highest BCUT2D eigenvalue weighted by atomic mass is 79.9. The van der Waals surface area contributed by atoms with Gasteiger partial charge < -0.3 is 0 Å². The second kappa shape index (κ2) is 5.18. The Morgan fingerprint density at radius 2 is 1.94 bits per heavy atom. The number of hydrogen-bond acceptors (Lipinski definition) is 4. The van der Waals surface area contributed by atoms with E-state index in [2.05, 4.69) is 31.0 Å². The van der Waals surface area contributed by atoms with Crippen LogP contribution in [0.3, 0.4) is 0 Å². The summed E-state index contributed by atoms with van der Waals surface area (Å²) in [5, 5.41) is 5.15. The van der Waals surface area contributed by atoms with Crippen LogP contribution in [0.15, 0.2) is 22.0 Å².